The van der Waals surface area contributed by atoms with Gasteiger partial charge in [-0.3, -0.25) is 0 Å². The standard InChI is InChI=1S/C15H16ClNO2S/c1-17(12-13-7-3-2-4-8-13)20(18,19)15-10-6-5-9-14(15)11-16/h2-10H,11-12H2,1H3. The molecule has 2 aromatic rings. The smallest absolute Gasteiger partial charge is 0.207 e. The molecule has 0 aliphatic heterocycles. The normalized spacial score (nSPS) is 11.8. The van der Waals surface area contributed by atoms with Gasteiger partial charge in [0.05, 0.1) is 4.90 Å². The highest BCUT2D eigenvalue weighted by Gasteiger charge is 2.23. The molecule has 0 bridgehead atoms. The number of nitrogens with zero attached hydrogens (tertiary/aromatic N) is 1. The van der Waals surface area contributed by atoms with Gasteiger partial charge in [0, 0.05) is 19.5 Å². The highest BCUT2D eigenvalue weighted by molar-refractivity contribution is 7.89. The Morgan fingerprint density at radius 1 is 1.00 bits per heavy atom. The topological polar surface area (TPSA) is 37.4 Å². The van der Waals surface area contributed by atoms with E-state index in [0.717, 1.165) is 5.56 Å². The molecule has 2 aromatic carbocycles. The Morgan fingerprint density at radius 3 is 2.25 bits per heavy atom. The number of halogens is 1. The molecule has 0 spiro atoms. The van der Waals surface area contributed by atoms with Gasteiger partial charge in [-0.15, -0.1) is 11.6 Å². The molecule has 0 saturated carbocycles. The molecule has 0 radical (unpaired) electrons. The summed E-state index contributed by atoms with van der Waals surface area (Å²) in [6.45, 7) is 0.333. The maximum absolute atomic E-state index is 12.6. The summed E-state index contributed by atoms with van der Waals surface area (Å²) in [5.41, 5.74) is 1.57. The second-order valence-corrected chi connectivity index (χ2v) is 6.77. The lowest BCUT2D eigenvalue weighted by Crippen LogP contribution is -2.27. The van der Waals surface area contributed by atoms with E-state index in [1.807, 2.05) is 30.3 Å². The molecule has 0 N–H and O–H groups in total. The molecule has 2 rings (SSSR count). The number of sulfonamides is 1. The number of hydrogen-bond donors (Lipinski definition) is 0. The van der Waals surface area contributed by atoms with Crippen molar-refractivity contribution >= 4 is 21.6 Å². The highest BCUT2D eigenvalue weighted by atomic mass is 35.5. The summed E-state index contributed by atoms with van der Waals surface area (Å²) in [4.78, 5) is 0.272. The summed E-state index contributed by atoms with van der Waals surface area (Å²) in [5.74, 6) is 0.175. The Labute approximate surface area is 124 Å². The summed E-state index contributed by atoms with van der Waals surface area (Å²) in [5, 5.41) is 0. The lowest BCUT2D eigenvalue weighted by molar-refractivity contribution is 0.466. The van der Waals surface area contributed by atoms with Gasteiger partial charge in [0.25, 0.3) is 0 Å². The highest BCUT2D eigenvalue weighted by Crippen LogP contribution is 2.22. The van der Waals surface area contributed by atoms with Crippen LogP contribution in [-0.4, -0.2) is 19.8 Å². The van der Waals surface area contributed by atoms with Crippen molar-refractivity contribution in [3.05, 3.63) is 65.7 Å². The molecule has 0 aliphatic rings. The molecule has 106 valence electrons. The van der Waals surface area contributed by atoms with Crippen LogP contribution in [0.5, 0.6) is 0 Å². The van der Waals surface area contributed by atoms with E-state index >= 15 is 0 Å². The predicted octanol–water partition coefficient (Wildman–Crippen LogP) is 3.25. The quantitative estimate of drug-likeness (QED) is 0.795. The SMILES string of the molecule is CN(Cc1ccccc1)S(=O)(=O)c1ccccc1CCl. The van der Waals surface area contributed by atoms with Crippen molar-refractivity contribution in [2.45, 2.75) is 17.3 Å². The van der Waals surface area contributed by atoms with Crippen molar-refractivity contribution in [2.24, 2.45) is 0 Å². The Balaban J connectivity index is 2.30. The van der Waals surface area contributed by atoms with Crippen LogP contribution < -0.4 is 0 Å². The van der Waals surface area contributed by atoms with E-state index in [0.29, 0.717) is 12.1 Å². The molecule has 0 heterocycles. The van der Waals surface area contributed by atoms with E-state index in [1.165, 1.54) is 4.31 Å². The van der Waals surface area contributed by atoms with Gasteiger partial charge in [0.2, 0.25) is 10.0 Å². The van der Waals surface area contributed by atoms with Crippen molar-refractivity contribution in [3.63, 3.8) is 0 Å². The third-order valence-corrected chi connectivity index (χ3v) is 5.24. The van der Waals surface area contributed by atoms with Crippen molar-refractivity contribution in [1.82, 2.24) is 4.31 Å². The third kappa shape index (κ3) is 3.20. The number of rotatable bonds is 5. The van der Waals surface area contributed by atoms with Crippen LogP contribution >= 0.6 is 11.6 Å². The first-order valence-electron chi connectivity index (χ1n) is 6.20. The van der Waals surface area contributed by atoms with Gasteiger partial charge in [-0.1, -0.05) is 48.5 Å². The fourth-order valence-corrected chi connectivity index (χ4v) is 3.65. The maximum atomic E-state index is 12.6. The molecular formula is C15H16ClNO2S. The molecule has 0 unspecified atom stereocenters. The maximum Gasteiger partial charge on any atom is 0.243 e. The lowest BCUT2D eigenvalue weighted by atomic mass is 10.2. The van der Waals surface area contributed by atoms with E-state index in [4.69, 9.17) is 11.6 Å². The zero-order chi connectivity index (χ0) is 14.6. The van der Waals surface area contributed by atoms with Crippen LogP contribution in [0.4, 0.5) is 0 Å². The van der Waals surface area contributed by atoms with Gasteiger partial charge in [0.1, 0.15) is 0 Å². The van der Waals surface area contributed by atoms with Crippen LogP contribution in [0.1, 0.15) is 11.1 Å². The Bertz CT molecular complexity index is 671. The molecule has 20 heavy (non-hydrogen) atoms. The van der Waals surface area contributed by atoms with Crippen molar-refractivity contribution in [1.29, 1.82) is 0 Å². The molecule has 3 nitrogen and oxygen atoms in total. The predicted molar refractivity (Wildman–Crippen MR) is 81.1 cm³/mol. The first-order valence-corrected chi connectivity index (χ1v) is 8.17. The Hall–Kier alpha value is -1.36. The molecule has 0 atom stereocenters. The van der Waals surface area contributed by atoms with Crippen LogP contribution in [0.15, 0.2) is 59.5 Å². The summed E-state index contributed by atoms with van der Waals surface area (Å²) in [6, 6.07) is 16.3. The van der Waals surface area contributed by atoms with Crippen LogP contribution in [0.3, 0.4) is 0 Å². The van der Waals surface area contributed by atoms with Gasteiger partial charge >= 0.3 is 0 Å². The van der Waals surface area contributed by atoms with Crippen LogP contribution in [0.2, 0.25) is 0 Å². The molecule has 0 saturated heterocycles. The van der Waals surface area contributed by atoms with Crippen LogP contribution in [0, 0.1) is 0 Å². The van der Waals surface area contributed by atoms with Crippen LogP contribution in [-0.2, 0) is 22.4 Å². The van der Waals surface area contributed by atoms with E-state index in [-0.39, 0.29) is 10.8 Å². The van der Waals surface area contributed by atoms with Gasteiger partial charge < -0.3 is 0 Å². The minimum Gasteiger partial charge on any atom is -0.207 e. The summed E-state index contributed by atoms with van der Waals surface area (Å²) in [7, 11) is -1.95. The Morgan fingerprint density at radius 2 is 1.60 bits per heavy atom. The monoisotopic (exact) mass is 309 g/mol. The summed E-state index contributed by atoms with van der Waals surface area (Å²) in [6.07, 6.45) is 0. The minimum absolute atomic E-state index is 0.175. The molecule has 0 fully saturated rings. The molecular weight excluding hydrogens is 294 g/mol. The fraction of sp³-hybridized carbons (Fsp3) is 0.200. The molecule has 0 amide bonds. The van der Waals surface area contributed by atoms with Crippen molar-refractivity contribution in [3.8, 4) is 0 Å². The third-order valence-electron chi connectivity index (χ3n) is 3.05. The van der Waals surface area contributed by atoms with E-state index in [2.05, 4.69) is 0 Å². The second-order valence-electron chi connectivity index (χ2n) is 4.49. The van der Waals surface area contributed by atoms with Crippen molar-refractivity contribution in [2.75, 3.05) is 7.05 Å². The zero-order valence-electron chi connectivity index (χ0n) is 11.2. The van der Waals surface area contributed by atoms with Crippen LogP contribution in [0.25, 0.3) is 0 Å². The summed E-state index contributed by atoms with van der Waals surface area (Å²) >= 11 is 5.82. The Kier molecular flexibility index (Phi) is 4.81. The largest absolute Gasteiger partial charge is 0.243 e. The van der Waals surface area contributed by atoms with E-state index in [1.54, 1.807) is 31.3 Å². The van der Waals surface area contributed by atoms with Gasteiger partial charge in [-0.25, -0.2) is 8.42 Å². The van der Waals surface area contributed by atoms with Crippen molar-refractivity contribution < 1.29 is 8.42 Å². The average molecular weight is 310 g/mol. The molecule has 5 heteroatoms. The van der Waals surface area contributed by atoms with E-state index < -0.39 is 10.0 Å². The number of hydrogen-bond acceptors (Lipinski definition) is 2. The average Bonchev–Trinajstić information content (AvgIpc) is 2.48. The molecule has 0 aromatic heterocycles. The zero-order valence-corrected chi connectivity index (χ0v) is 12.7. The fourth-order valence-electron chi connectivity index (χ4n) is 1.96. The minimum atomic E-state index is -3.53. The van der Waals surface area contributed by atoms with E-state index in [9.17, 15) is 8.42 Å². The van der Waals surface area contributed by atoms with Gasteiger partial charge in [0.15, 0.2) is 0 Å². The van der Waals surface area contributed by atoms with Gasteiger partial charge in [-0.2, -0.15) is 4.31 Å². The summed E-state index contributed by atoms with van der Waals surface area (Å²) < 4.78 is 26.5. The first kappa shape index (κ1) is 15.0. The number of alkyl halides is 1. The number of benzene rings is 2. The lowest BCUT2D eigenvalue weighted by Gasteiger charge is -2.19. The molecule has 0 aliphatic carbocycles. The van der Waals surface area contributed by atoms with Gasteiger partial charge in [-0.05, 0) is 17.2 Å². The second kappa shape index (κ2) is 6.39. The first-order chi connectivity index (χ1) is 9.55.